The summed E-state index contributed by atoms with van der Waals surface area (Å²) in [6.45, 7) is 3.40. The van der Waals surface area contributed by atoms with Crippen molar-refractivity contribution in [3.05, 3.63) is 42.0 Å². The predicted octanol–water partition coefficient (Wildman–Crippen LogP) is 3.82. The van der Waals surface area contributed by atoms with E-state index in [1.165, 1.54) is 22.1 Å². The summed E-state index contributed by atoms with van der Waals surface area (Å²) in [4.78, 5) is 0. The number of benzene rings is 2. The number of hydrogen-bond acceptors (Lipinski definition) is 3. The zero-order valence-corrected chi connectivity index (χ0v) is 12.2. The topological polar surface area (TPSA) is 21.3 Å². The van der Waals surface area contributed by atoms with Crippen LogP contribution in [0.2, 0.25) is 0 Å². The van der Waals surface area contributed by atoms with Crippen LogP contribution in [-0.2, 0) is 0 Å². The van der Waals surface area contributed by atoms with Gasteiger partial charge in [0, 0.05) is 0 Å². The summed E-state index contributed by atoms with van der Waals surface area (Å²) in [7, 11) is 1.71. The molecule has 0 bridgehead atoms. The molecule has 1 saturated heterocycles. The van der Waals surface area contributed by atoms with Gasteiger partial charge in [-0.05, 0) is 52.8 Å². The third-order valence-electron chi connectivity index (χ3n) is 3.57. The third kappa shape index (κ3) is 2.72. The van der Waals surface area contributed by atoms with Crippen LogP contribution in [0.5, 0.6) is 5.75 Å². The van der Waals surface area contributed by atoms with Crippen LogP contribution in [0.25, 0.3) is 10.8 Å². The van der Waals surface area contributed by atoms with Crippen molar-refractivity contribution in [3.8, 4) is 5.75 Å². The van der Waals surface area contributed by atoms with E-state index in [0.29, 0.717) is 5.37 Å². The maximum atomic E-state index is 5.26. The summed E-state index contributed by atoms with van der Waals surface area (Å²) >= 11 is 2.00. The Morgan fingerprint density at radius 3 is 2.68 bits per heavy atom. The number of rotatable bonds is 2. The van der Waals surface area contributed by atoms with Gasteiger partial charge in [-0.1, -0.05) is 25.1 Å². The summed E-state index contributed by atoms with van der Waals surface area (Å²) in [6, 6.07) is 12.9. The van der Waals surface area contributed by atoms with Crippen LogP contribution in [-0.4, -0.2) is 19.4 Å². The molecule has 0 aliphatic carbocycles. The molecule has 19 heavy (non-hydrogen) atoms. The lowest BCUT2D eigenvalue weighted by Gasteiger charge is -2.27. The molecule has 0 aromatic heterocycles. The molecule has 1 N–H and O–H groups in total. The SMILES string of the molecule is COc1ccc2cc(C3NCC(C)CS3)ccc2c1. The molecule has 2 atom stereocenters. The smallest absolute Gasteiger partial charge is 0.119 e. The lowest BCUT2D eigenvalue weighted by atomic mass is 10.1. The fourth-order valence-electron chi connectivity index (χ4n) is 2.43. The van der Waals surface area contributed by atoms with Gasteiger partial charge in [0.05, 0.1) is 12.5 Å². The normalized spacial score (nSPS) is 23.5. The molecule has 1 fully saturated rings. The first-order valence-electron chi connectivity index (χ1n) is 6.69. The summed E-state index contributed by atoms with van der Waals surface area (Å²) in [6.07, 6.45) is 0. The molecule has 3 rings (SSSR count). The quantitative estimate of drug-likeness (QED) is 0.899. The monoisotopic (exact) mass is 273 g/mol. The van der Waals surface area contributed by atoms with Crippen molar-refractivity contribution < 1.29 is 4.74 Å². The van der Waals surface area contributed by atoms with Crippen LogP contribution in [0.1, 0.15) is 17.9 Å². The van der Waals surface area contributed by atoms with E-state index >= 15 is 0 Å². The van der Waals surface area contributed by atoms with Crippen molar-refractivity contribution in [2.45, 2.75) is 12.3 Å². The first-order valence-corrected chi connectivity index (χ1v) is 7.74. The van der Waals surface area contributed by atoms with E-state index in [1.807, 2.05) is 17.8 Å². The number of fused-ring (bicyclic) bond motifs is 1. The highest BCUT2D eigenvalue weighted by atomic mass is 32.2. The van der Waals surface area contributed by atoms with Gasteiger partial charge in [0.15, 0.2) is 0 Å². The Bertz CT molecular complexity index is 576. The maximum absolute atomic E-state index is 5.26. The second kappa shape index (κ2) is 5.43. The van der Waals surface area contributed by atoms with Crippen LogP contribution < -0.4 is 10.1 Å². The Balaban J connectivity index is 1.89. The minimum atomic E-state index is 0.433. The fourth-order valence-corrected chi connectivity index (χ4v) is 3.62. The molecular weight excluding hydrogens is 254 g/mol. The molecule has 3 heteroatoms. The average molecular weight is 273 g/mol. The Morgan fingerprint density at radius 2 is 1.95 bits per heavy atom. The number of nitrogens with one attached hydrogen (secondary N) is 1. The zero-order valence-electron chi connectivity index (χ0n) is 11.3. The molecule has 2 unspecified atom stereocenters. The maximum Gasteiger partial charge on any atom is 0.119 e. The first kappa shape index (κ1) is 12.8. The predicted molar refractivity (Wildman–Crippen MR) is 82.9 cm³/mol. The van der Waals surface area contributed by atoms with Crippen molar-refractivity contribution in [2.75, 3.05) is 19.4 Å². The lowest BCUT2D eigenvalue weighted by molar-refractivity contribution is 0.415. The van der Waals surface area contributed by atoms with Crippen LogP contribution in [0.3, 0.4) is 0 Å². The summed E-state index contributed by atoms with van der Waals surface area (Å²) < 4.78 is 5.26. The number of methoxy groups -OCH3 is 1. The van der Waals surface area contributed by atoms with E-state index in [0.717, 1.165) is 18.2 Å². The highest BCUT2D eigenvalue weighted by Gasteiger charge is 2.19. The van der Waals surface area contributed by atoms with Gasteiger partial charge in [-0.2, -0.15) is 0 Å². The standard InChI is InChI=1S/C16H19NOS/c1-11-9-17-16(19-10-11)14-4-3-13-8-15(18-2)6-5-12(13)7-14/h3-8,11,16-17H,9-10H2,1-2H3. The average Bonchev–Trinajstić information content (AvgIpc) is 2.47. The molecule has 0 amide bonds. The molecule has 2 aromatic carbocycles. The summed E-state index contributed by atoms with van der Waals surface area (Å²) in [5.41, 5.74) is 1.37. The van der Waals surface area contributed by atoms with Gasteiger partial charge in [0.2, 0.25) is 0 Å². The fraction of sp³-hybridized carbons (Fsp3) is 0.375. The van der Waals surface area contributed by atoms with Crippen molar-refractivity contribution in [1.29, 1.82) is 0 Å². The first-order chi connectivity index (χ1) is 9.26. The molecule has 100 valence electrons. The molecule has 1 heterocycles. The van der Waals surface area contributed by atoms with Gasteiger partial charge in [0.1, 0.15) is 5.75 Å². The highest BCUT2D eigenvalue weighted by molar-refractivity contribution is 7.99. The van der Waals surface area contributed by atoms with Gasteiger partial charge in [-0.25, -0.2) is 0 Å². The van der Waals surface area contributed by atoms with Crippen molar-refractivity contribution >= 4 is 22.5 Å². The van der Waals surface area contributed by atoms with Gasteiger partial charge < -0.3 is 10.1 Å². The number of hydrogen-bond donors (Lipinski definition) is 1. The van der Waals surface area contributed by atoms with E-state index in [4.69, 9.17) is 4.74 Å². The second-order valence-corrected chi connectivity index (χ2v) is 6.34. The van der Waals surface area contributed by atoms with Gasteiger partial charge in [-0.3, -0.25) is 0 Å². The molecule has 1 aliphatic rings. The second-order valence-electron chi connectivity index (χ2n) is 5.20. The van der Waals surface area contributed by atoms with Gasteiger partial charge >= 0.3 is 0 Å². The zero-order chi connectivity index (χ0) is 13.2. The Labute approximate surface area is 118 Å². The molecular formula is C16H19NOS. The van der Waals surface area contributed by atoms with Crippen LogP contribution in [0.4, 0.5) is 0 Å². The number of ether oxygens (including phenoxy) is 1. The van der Waals surface area contributed by atoms with Gasteiger partial charge in [-0.15, -0.1) is 11.8 Å². The molecule has 2 aromatic rings. The Kier molecular flexibility index (Phi) is 3.67. The van der Waals surface area contributed by atoms with E-state index in [9.17, 15) is 0 Å². The number of thioether (sulfide) groups is 1. The molecule has 1 aliphatic heterocycles. The molecule has 0 spiro atoms. The largest absolute Gasteiger partial charge is 0.497 e. The molecule has 0 saturated carbocycles. The summed E-state index contributed by atoms with van der Waals surface area (Å²) in [5, 5.41) is 6.55. The molecule has 2 nitrogen and oxygen atoms in total. The summed E-state index contributed by atoms with van der Waals surface area (Å²) in [5.74, 6) is 2.92. The van der Waals surface area contributed by atoms with Crippen molar-refractivity contribution in [1.82, 2.24) is 5.32 Å². The van der Waals surface area contributed by atoms with Crippen molar-refractivity contribution in [3.63, 3.8) is 0 Å². The third-order valence-corrected chi connectivity index (χ3v) is 5.11. The van der Waals surface area contributed by atoms with Crippen molar-refractivity contribution in [2.24, 2.45) is 5.92 Å². The van der Waals surface area contributed by atoms with Crippen LogP contribution in [0, 0.1) is 5.92 Å². The highest BCUT2D eigenvalue weighted by Crippen LogP contribution is 2.33. The Morgan fingerprint density at radius 1 is 1.16 bits per heavy atom. The van der Waals surface area contributed by atoms with E-state index in [1.54, 1.807) is 7.11 Å². The Hall–Kier alpha value is -1.19. The lowest BCUT2D eigenvalue weighted by Crippen LogP contribution is -2.31. The minimum absolute atomic E-state index is 0.433. The van der Waals surface area contributed by atoms with E-state index in [-0.39, 0.29) is 0 Å². The van der Waals surface area contributed by atoms with Gasteiger partial charge in [0.25, 0.3) is 0 Å². The van der Waals surface area contributed by atoms with Crippen LogP contribution in [0.15, 0.2) is 36.4 Å². The van der Waals surface area contributed by atoms with E-state index < -0.39 is 0 Å². The van der Waals surface area contributed by atoms with E-state index in [2.05, 4.69) is 42.6 Å². The van der Waals surface area contributed by atoms with Crippen LogP contribution >= 0.6 is 11.8 Å². The minimum Gasteiger partial charge on any atom is -0.497 e. The molecule has 0 radical (unpaired) electrons.